The lowest BCUT2D eigenvalue weighted by molar-refractivity contribution is -0.137. The van der Waals surface area contributed by atoms with Crippen LogP contribution in [0.15, 0.2) is 0 Å². The first-order valence-electron chi connectivity index (χ1n) is 5.21. The second-order valence-corrected chi connectivity index (χ2v) is 3.54. The summed E-state index contributed by atoms with van der Waals surface area (Å²) in [5.41, 5.74) is 0. The van der Waals surface area contributed by atoms with Crippen LogP contribution in [-0.4, -0.2) is 50.2 Å². The van der Waals surface area contributed by atoms with E-state index in [9.17, 15) is 4.79 Å². The van der Waals surface area contributed by atoms with Gasteiger partial charge in [0.15, 0.2) is 6.10 Å². The third kappa shape index (κ3) is 3.86. The maximum atomic E-state index is 11.7. The van der Waals surface area contributed by atoms with E-state index in [1.165, 1.54) is 0 Å². The van der Waals surface area contributed by atoms with Crippen LogP contribution in [0.1, 0.15) is 12.8 Å². The fourth-order valence-corrected chi connectivity index (χ4v) is 1.53. The second kappa shape index (κ2) is 6.38. The van der Waals surface area contributed by atoms with Crippen LogP contribution in [0.2, 0.25) is 0 Å². The van der Waals surface area contributed by atoms with Gasteiger partial charge in [-0.05, 0) is 20.0 Å². The van der Waals surface area contributed by atoms with Gasteiger partial charge in [0.05, 0.1) is 19.2 Å². The molecule has 5 heteroatoms. The van der Waals surface area contributed by atoms with E-state index in [0.717, 1.165) is 13.0 Å². The number of nitrogens with one attached hydrogen (secondary N) is 1. The number of carbonyl (C=O) groups excluding carboxylic acids is 1. The van der Waals surface area contributed by atoms with Gasteiger partial charge in [0.25, 0.3) is 0 Å². The number of amides is 1. The largest absolute Gasteiger partial charge is 0.360 e. The highest BCUT2D eigenvalue weighted by molar-refractivity contribution is 5.76. The Labute approximate surface area is 90.0 Å². The van der Waals surface area contributed by atoms with Crippen LogP contribution in [0, 0.1) is 11.3 Å². The number of nitriles is 1. The second-order valence-electron chi connectivity index (χ2n) is 3.54. The first kappa shape index (κ1) is 12.0. The van der Waals surface area contributed by atoms with Crippen molar-refractivity contribution in [2.24, 2.45) is 0 Å². The van der Waals surface area contributed by atoms with Crippen molar-refractivity contribution in [2.75, 3.05) is 33.3 Å². The molecule has 1 unspecified atom stereocenters. The van der Waals surface area contributed by atoms with Crippen LogP contribution in [0.3, 0.4) is 0 Å². The highest BCUT2D eigenvalue weighted by Crippen LogP contribution is 2.06. The van der Waals surface area contributed by atoms with Crippen molar-refractivity contribution in [1.82, 2.24) is 10.2 Å². The van der Waals surface area contributed by atoms with E-state index in [1.54, 1.807) is 4.90 Å². The van der Waals surface area contributed by atoms with E-state index in [2.05, 4.69) is 5.32 Å². The predicted octanol–water partition coefficient (Wildman–Crippen LogP) is -0.263. The Morgan fingerprint density at radius 3 is 3.20 bits per heavy atom. The molecule has 0 spiro atoms. The molecular weight excluding hydrogens is 194 g/mol. The molecule has 1 aliphatic heterocycles. The van der Waals surface area contributed by atoms with Gasteiger partial charge in [-0.15, -0.1) is 0 Å². The minimum atomic E-state index is -0.452. The van der Waals surface area contributed by atoms with Gasteiger partial charge in [0.2, 0.25) is 5.91 Å². The Hall–Kier alpha value is -1.12. The molecule has 0 bridgehead atoms. The van der Waals surface area contributed by atoms with E-state index in [0.29, 0.717) is 26.1 Å². The molecule has 1 fully saturated rings. The standard InChI is InChI=1S/C10H17N3O2/c1-12-4-2-3-10(14)13-5-6-15-9(7-11)8-13/h9,12H,2-6,8H2,1H3. The summed E-state index contributed by atoms with van der Waals surface area (Å²) in [7, 11) is 1.87. The molecule has 0 aliphatic carbocycles. The SMILES string of the molecule is CNCCCC(=O)N1CCOC(C#N)C1. The molecule has 1 atom stereocenters. The van der Waals surface area contributed by atoms with Gasteiger partial charge in [-0.2, -0.15) is 5.26 Å². The monoisotopic (exact) mass is 211 g/mol. The van der Waals surface area contributed by atoms with Gasteiger partial charge in [0.1, 0.15) is 0 Å². The average Bonchev–Trinajstić information content (AvgIpc) is 2.29. The Bertz CT molecular complexity index is 250. The topological polar surface area (TPSA) is 65.4 Å². The number of hydrogen-bond acceptors (Lipinski definition) is 4. The van der Waals surface area contributed by atoms with Gasteiger partial charge in [-0.1, -0.05) is 0 Å². The minimum Gasteiger partial charge on any atom is -0.360 e. The third-order valence-corrected chi connectivity index (χ3v) is 2.38. The molecule has 15 heavy (non-hydrogen) atoms. The fourth-order valence-electron chi connectivity index (χ4n) is 1.53. The summed E-state index contributed by atoms with van der Waals surface area (Å²) >= 11 is 0. The molecule has 1 N–H and O–H groups in total. The number of carbonyl (C=O) groups is 1. The van der Waals surface area contributed by atoms with Gasteiger partial charge >= 0.3 is 0 Å². The molecule has 0 saturated carbocycles. The maximum Gasteiger partial charge on any atom is 0.222 e. The highest BCUT2D eigenvalue weighted by Gasteiger charge is 2.23. The Morgan fingerprint density at radius 2 is 2.53 bits per heavy atom. The lowest BCUT2D eigenvalue weighted by Crippen LogP contribution is -2.45. The minimum absolute atomic E-state index is 0.119. The van der Waals surface area contributed by atoms with Crippen LogP contribution in [0.4, 0.5) is 0 Å². The number of morpholine rings is 1. The Kier molecular flexibility index (Phi) is 5.08. The van der Waals surface area contributed by atoms with E-state index in [-0.39, 0.29) is 5.91 Å². The quantitative estimate of drug-likeness (QED) is 0.650. The van der Waals surface area contributed by atoms with Crippen molar-refractivity contribution in [2.45, 2.75) is 18.9 Å². The molecule has 1 rings (SSSR count). The summed E-state index contributed by atoms with van der Waals surface area (Å²) in [6.45, 7) is 2.33. The van der Waals surface area contributed by atoms with E-state index in [4.69, 9.17) is 10.00 Å². The van der Waals surface area contributed by atoms with E-state index in [1.807, 2.05) is 13.1 Å². The van der Waals surface area contributed by atoms with Crippen molar-refractivity contribution in [3.63, 3.8) is 0 Å². The fraction of sp³-hybridized carbons (Fsp3) is 0.800. The van der Waals surface area contributed by atoms with Crippen molar-refractivity contribution in [3.05, 3.63) is 0 Å². The molecule has 84 valence electrons. The molecule has 1 heterocycles. The molecule has 0 aromatic carbocycles. The summed E-state index contributed by atoms with van der Waals surface area (Å²) < 4.78 is 5.17. The summed E-state index contributed by atoms with van der Waals surface area (Å²) in [5, 5.41) is 11.7. The third-order valence-electron chi connectivity index (χ3n) is 2.38. The van der Waals surface area contributed by atoms with Gasteiger partial charge in [-0.25, -0.2) is 0 Å². The Balaban J connectivity index is 2.29. The molecule has 1 amide bonds. The van der Waals surface area contributed by atoms with E-state index >= 15 is 0 Å². The first-order valence-corrected chi connectivity index (χ1v) is 5.21. The highest BCUT2D eigenvalue weighted by atomic mass is 16.5. The van der Waals surface area contributed by atoms with Gasteiger partial charge in [0, 0.05) is 13.0 Å². The smallest absolute Gasteiger partial charge is 0.222 e. The molecule has 0 aromatic rings. The molecule has 1 saturated heterocycles. The molecule has 5 nitrogen and oxygen atoms in total. The molecule has 0 aromatic heterocycles. The lowest BCUT2D eigenvalue weighted by Gasteiger charge is -2.29. The van der Waals surface area contributed by atoms with Crippen LogP contribution in [0.5, 0.6) is 0 Å². The summed E-state index contributed by atoms with van der Waals surface area (Å²) in [4.78, 5) is 13.4. The normalized spacial score (nSPS) is 21.1. The molecule has 0 radical (unpaired) electrons. The molecular formula is C10H17N3O2. The summed E-state index contributed by atoms with van der Waals surface area (Å²) in [6.07, 6.45) is 0.926. The number of hydrogen-bond donors (Lipinski definition) is 1. The van der Waals surface area contributed by atoms with Crippen molar-refractivity contribution < 1.29 is 9.53 Å². The van der Waals surface area contributed by atoms with Crippen LogP contribution < -0.4 is 5.32 Å². The lowest BCUT2D eigenvalue weighted by atomic mass is 10.2. The van der Waals surface area contributed by atoms with E-state index < -0.39 is 6.10 Å². The first-order chi connectivity index (χ1) is 7.27. The van der Waals surface area contributed by atoms with Crippen LogP contribution >= 0.6 is 0 Å². The van der Waals surface area contributed by atoms with Gasteiger partial charge < -0.3 is 15.0 Å². The van der Waals surface area contributed by atoms with Crippen molar-refractivity contribution in [1.29, 1.82) is 5.26 Å². The van der Waals surface area contributed by atoms with Gasteiger partial charge in [-0.3, -0.25) is 4.79 Å². The molecule has 1 aliphatic rings. The zero-order valence-electron chi connectivity index (χ0n) is 9.03. The van der Waals surface area contributed by atoms with Crippen molar-refractivity contribution >= 4 is 5.91 Å². The van der Waals surface area contributed by atoms with Crippen LogP contribution in [0.25, 0.3) is 0 Å². The average molecular weight is 211 g/mol. The summed E-state index contributed by atoms with van der Waals surface area (Å²) in [6, 6.07) is 2.03. The number of nitrogens with zero attached hydrogens (tertiary/aromatic N) is 2. The zero-order valence-corrected chi connectivity index (χ0v) is 9.03. The number of ether oxygens (including phenoxy) is 1. The predicted molar refractivity (Wildman–Crippen MR) is 55.1 cm³/mol. The van der Waals surface area contributed by atoms with Crippen LogP contribution in [-0.2, 0) is 9.53 Å². The number of rotatable bonds is 4. The zero-order chi connectivity index (χ0) is 11.1. The Morgan fingerprint density at radius 1 is 1.73 bits per heavy atom. The van der Waals surface area contributed by atoms with Crippen molar-refractivity contribution in [3.8, 4) is 6.07 Å². The summed E-state index contributed by atoms with van der Waals surface area (Å²) in [5.74, 6) is 0.119. The maximum absolute atomic E-state index is 11.7.